The Kier molecular flexibility index (Phi) is 7.73. The largest absolute Gasteiger partial charge is 0.481 e. The summed E-state index contributed by atoms with van der Waals surface area (Å²) < 4.78 is 32.9. The van der Waals surface area contributed by atoms with Crippen molar-refractivity contribution in [1.82, 2.24) is 10.3 Å². The number of carbonyl (C=O) groups excluding carboxylic acids is 1. The van der Waals surface area contributed by atoms with Gasteiger partial charge in [0.25, 0.3) is 16.0 Å². The van der Waals surface area contributed by atoms with Gasteiger partial charge in [-0.1, -0.05) is 29.3 Å². The minimum atomic E-state index is -3.65. The van der Waals surface area contributed by atoms with Crippen LogP contribution in [0.25, 0.3) is 11.1 Å². The van der Waals surface area contributed by atoms with Gasteiger partial charge in [-0.25, -0.2) is 4.98 Å². The molecule has 3 rings (SSSR count). The molecule has 0 aliphatic rings. The molecule has 1 amide bonds. The van der Waals surface area contributed by atoms with E-state index >= 15 is 0 Å². The number of aromatic nitrogens is 1. The molecule has 1 N–H and O–H groups in total. The van der Waals surface area contributed by atoms with Crippen molar-refractivity contribution in [2.45, 2.75) is 13.2 Å². The molecule has 3 aromatic rings. The Morgan fingerprint density at radius 2 is 1.78 bits per heavy atom. The monoisotopic (exact) mass is 494 g/mol. The molecular formula is C22H20Cl2N2O5S. The number of hydrogen-bond acceptors (Lipinski definition) is 6. The molecule has 0 aliphatic heterocycles. The van der Waals surface area contributed by atoms with E-state index in [2.05, 4.69) is 10.3 Å². The molecule has 0 radical (unpaired) electrons. The number of ether oxygens (including phenoxy) is 1. The number of nitrogens with one attached hydrogen (secondary N) is 1. The highest BCUT2D eigenvalue weighted by atomic mass is 35.5. The number of nitrogens with zero attached hydrogens (tertiary/aromatic N) is 1. The molecule has 0 saturated carbocycles. The lowest BCUT2D eigenvalue weighted by Crippen LogP contribution is -2.23. The fourth-order valence-electron chi connectivity index (χ4n) is 2.88. The molecule has 0 spiro atoms. The first-order valence-electron chi connectivity index (χ1n) is 9.35. The summed E-state index contributed by atoms with van der Waals surface area (Å²) in [4.78, 5) is 16.9. The molecule has 7 nitrogen and oxygen atoms in total. The van der Waals surface area contributed by atoms with Gasteiger partial charge in [-0.05, 0) is 58.7 Å². The van der Waals surface area contributed by atoms with E-state index in [1.165, 1.54) is 7.11 Å². The molecule has 32 heavy (non-hydrogen) atoms. The van der Waals surface area contributed by atoms with Crippen LogP contribution in [0.3, 0.4) is 0 Å². The summed E-state index contributed by atoms with van der Waals surface area (Å²) >= 11 is 12.0. The molecule has 10 heteroatoms. The van der Waals surface area contributed by atoms with Crippen LogP contribution in [0.4, 0.5) is 0 Å². The summed E-state index contributed by atoms with van der Waals surface area (Å²) in [6.07, 6.45) is 2.55. The van der Waals surface area contributed by atoms with Gasteiger partial charge in [0, 0.05) is 24.4 Å². The third kappa shape index (κ3) is 6.67. The molecule has 2 aromatic carbocycles. The van der Waals surface area contributed by atoms with Gasteiger partial charge >= 0.3 is 0 Å². The van der Waals surface area contributed by atoms with Crippen LogP contribution in [0.2, 0.25) is 10.0 Å². The van der Waals surface area contributed by atoms with Gasteiger partial charge in [0.05, 0.1) is 30.0 Å². The molecule has 1 aromatic heterocycles. The second-order valence-electron chi connectivity index (χ2n) is 6.90. The van der Waals surface area contributed by atoms with Crippen LogP contribution >= 0.6 is 23.2 Å². The highest BCUT2D eigenvalue weighted by Gasteiger charge is 2.13. The number of hydrogen-bond donors (Lipinski definition) is 1. The van der Waals surface area contributed by atoms with Gasteiger partial charge in [0.15, 0.2) is 0 Å². The lowest BCUT2D eigenvalue weighted by molar-refractivity contribution is 0.0951. The molecular weight excluding hydrogens is 475 g/mol. The van der Waals surface area contributed by atoms with Gasteiger partial charge in [0.2, 0.25) is 5.88 Å². The summed E-state index contributed by atoms with van der Waals surface area (Å²) in [7, 11) is -2.15. The normalized spacial score (nSPS) is 11.2. The van der Waals surface area contributed by atoms with Crippen molar-refractivity contribution in [3.8, 4) is 17.0 Å². The lowest BCUT2D eigenvalue weighted by atomic mass is 10.00. The second-order valence-corrected chi connectivity index (χ2v) is 9.36. The Hall–Kier alpha value is -2.65. The number of carbonyl (C=O) groups is 1. The fourth-order valence-corrected chi connectivity index (χ4v) is 3.55. The maximum atomic E-state index is 12.9. The van der Waals surface area contributed by atoms with E-state index in [4.69, 9.17) is 32.1 Å². The summed E-state index contributed by atoms with van der Waals surface area (Å²) in [5.74, 6) is 0.0606. The predicted molar refractivity (Wildman–Crippen MR) is 123 cm³/mol. The van der Waals surface area contributed by atoms with E-state index in [-0.39, 0.29) is 19.1 Å². The van der Waals surface area contributed by atoms with Crippen LogP contribution in [0.15, 0.2) is 54.7 Å². The average molecular weight is 495 g/mol. The van der Waals surface area contributed by atoms with E-state index in [1.54, 1.807) is 54.7 Å². The third-order valence-electron chi connectivity index (χ3n) is 4.41. The van der Waals surface area contributed by atoms with Crippen LogP contribution in [0.1, 0.15) is 21.5 Å². The minimum absolute atomic E-state index is 0.206. The average Bonchev–Trinajstić information content (AvgIpc) is 2.77. The van der Waals surface area contributed by atoms with Gasteiger partial charge in [-0.3, -0.25) is 8.98 Å². The van der Waals surface area contributed by atoms with E-state index < -0.39 is 10.1 Å². The zero-order valence-electron chi connectivity index (χ0n) is 17.3. The summed E-state index contributed by atoms with van der Waals surface area (Å²) in [6.45, 7) is 0.0279. The number of pyridine rings is 1. The second kappa shape index (κ2) is 10.3. The molecule has 1 heterocycles. The van der Waals surface area contributed by atoms with Crippen molar-refractivity contribution < 1.29 is 22.1 Å². The minimum Gasteiger partial charge on any atom is -0.481 e. The zero-order valence-corrected chi connectivity index (χ0v) is 19.6. The molecule has 0 fully saturated rings. The first-order valence-corrected chi connectivity index (χ1v) is 11.9. The number of methoxy groups -OCH3 is 1. The molecule has 0 saturated heterocycles. The van der Waals surface area contributed by atoms with Crippen molar-refractivity contribution >= 4 is 39.2 Å². The Morgan fingerprint density at radius 3 is 2.47 bits per heavy atom. The van der Waals surface area contributed by atoms with Crippen molar-refractivity contribution in [3.63, 3.8) is 0 Å². The van der Waals surface area contributed by atoms with E-state index in [0.29, 0.717) is 32.6 Å². The van der Waals surface area contributed by atoms with Crippen LogP contribution in [0.5, 0.6) is 5.88 Å². The summed E-state index contributed by atoms with van der Waals surface area (Å²) in [5.41, 5.74) is 3.06. The number of rotatable bonds is 8. The molecule has 0 bridgehead atoms. The smallest absolute Gasteiger partial charge is 0.264 e. The highest BCUT2D eigenvalue weighted by Crippen LogP contribution is 2.26. The first kappa shape index (κ1) is 24.0. The third-order valence-corrected chi connectivity index (χ3v) is 5.69. The SMILES string of the molecule is COc1cc(-c2cc(COS(C)(=O)=O)cc(C(=O)NCc3ccc(Cl)c(Cl)c3)c2)ccn1. The lowest BCUT2D eigenvalue weighted by Gasteiger charge is -2.12. The number of amides is 1. The maximum Gasteiger partial charge on any atom is 0.264 e. The molecule has 0 aliphatic carbocycles. The Balaban J connectivity index is 1.89. The quantitative estimate of drug-likeness (QED) is 0.464. The Labute approximate surface area is 196 Å². The highest BCUT2D eigenvalue weighted by molar-refractivity contribution is 7.85. The number of halogens is 2. The summed E-state index contributed by atoms with van der Waals surface area (Å²) in [6, 6.07) is 13.6. The van der Waals surface area contributed by atoms with E-state index in [0.717, 1.165) is 17.4 Å². The summed E-state index contributed by atoms with van der Waals surface area (Å²) in [5, 5.41) is 3.65. The molecule has 168 valence electrons. The van der Waals surface area contributed by atoms with Crippen molar-refractivity contribution in [3.05, 3.63) is 81.5 Å². The van der Waals surface area contributed by atoms with Crippen LogP contribution in [-0.4, -0.2) is 32.7 Å². The number of benzene rings is 2. The van der Waals surface area contributed by atoms with Crippen LogP contribution in [0, 0.1) is 0 Å². The van der Waals surface area contributed by atoms with Crippen molar-refractivity contribution in [1.29, 1.82) is 0 Å². The van der Waals surface area contributed by atoms with Gasteiger partial charge in [-0.15, -0.1) is 0 Å². The van der Waals surface area contributed by atoms with Crippen molar-refractivity contribution in [2.75, 3.05) is 13.4 Å². The van der Waals surface area contributed by atoms with Crippen LogP contribution < -0.4 is 10.1 Å². The van der Waals surface area contributed by atoms with Crippen LogP contribution in [-0.2, 0) is 27.5 Å². The first-order chi connectivity index (χ1) is 15.1. The Bertz CT molecular complexity index is 1250. The zero-order chi connectivity index (χ0) is 23.3. The molecule has 0 unspecified atom stereocenters. The van der Waals surface area contributed by atoms with E-state index in [1.807, 2.05) is 0 Å². The van der Waals surface area contributed by atoms with Gasteiger partial charge in [0.1, 0.15) is 0 Å². The van der Waals surface area contributed by atoms with E-state index in [9.17, 15) is 13.2 Å². The molecule has 0 atom stereocenters. The maximum absolute atomic E-state index is 12.9. The topological polar surface area (TPSA) is 94.6 Å². The fraction of sp³-hybridized carbons (Fsp3) is 0.182. The predicted octanol–water partition coefficient (Wildman–Crippen LogP) is 4.47. The Morgan fingerprint density at radius 1 is 1.00 bits per heavy atom. The van der Waals surface area contributed by atoms with Gasteiger partial charge in [-0.2, -0.15) is 8.42 Å². The standard InChI is InChI=1S/C22H20Cl2N2O5S/c1-30-21-11-16(5-6-25-21)17-7-15(13-31-32(2,28)29)8-18(10-17)22(27)26-12-14-3-4-19(23)20(24)9-14/h3-11H,12-13H2,1-2H3,(H,26,27). The van der Waals surface area contributed by atoms with Gasteiger partial charge < -0.3 is 10.1 Å². The van der Waals surface area contributed by atoms with Crippen molar-refractivity contribution in [2.24, 2.45) is 0 Å².